The van der Waals surface area contributed by atoms with Gasteiger partial charge < -0.3 is 10.5 Å². The molecule has 0 amide bonds. The molecule has 0 bridgehead atoms. The standard InChI is InChI=1S/C15H22BrNOS/c1-2-14(17)15(11-3-5-12(16)6-4-11)19-13-7-9-18-10-8-13/h3-6,13-15H,2,7-10,17H2,1H3. The molecular formula is C15H22BrNOS. The predicted octanol–water partition coefficient (Wildman–Crippen LogP) is 4.14. The van der Waals surface area contributed by atoms with Gasteiger partial charge in [-0.05, 0) is 37.0 Å². The van der Waals surface area contributed by atoms with Gasteiger partial charge >= 0.3 is 0 Å². The van der Waals surface area contributed by atoms with Gasteiger partial charge in [0.2, 0.25) is 0 Å². The number of thioether (sulfide) groups is 1. The Hall–Kier alpha value is -0.0300. The van der Waals surface area contributed by atoms with Crippen LogP contribution in [0.3, 0.4) is 0 Å². The van der Waals surface area contributed by atoms with Gasteiger partial charge in [0.25, 0.3) is 0 Å². The van der Waals surface area contributed by atoms with E-state index in [0.29, 0.717) is 10.5 Å². The summed E-state index contributed by atoms with van der Waals surface area (Å²) in [5, 5.41) is 1.07. The lowest BCUT2D eigenvalue weighted by molar-refractivity contribution is 0.0999. The van der Waals surface area contributed by atoms with Gasteiger partial charge in [0.1, 0.15) is 0 Å². The first kappa shape index (κ1) is 15.4. The van der Waals surface area contributed by atoms with Crippen molar-refractivity contribution in [2.45, 2.75) is 42.7 Å². The third kappa shape index (κ3) is 4.48. The van der Waals surface area contributed by atoms with E-state index < -0.39 is 0 Å². The van der Waals surface area contributed by atoms with Crippen LogP contribution in [0.1, 0.15) is 37.0 Å². The van der Waals surface area contributed by atoms with E-state index in [4.69, 9.17) is 10.5 Å². The number of benzene rings is 1. The summed E-state index contributed by atoms with van der Waals surface area (Å²) in [7, 11) is 0. The van der Waals surface area contributed by atoms with Crippen molar-refractivity contribution in [1.82, 2.24) is 0 Å². The van der Waals surface area contributed by atoms with E-state index in [1.54, 1.807) is 0 Å². The maximum absolute atomic E-state index is 6.34. The number of nitrogens with two attached hydrogens (primary N) is 1. The van der Waals surface area contributed by atoms with Gasteiger partial charge in [0, 0.05) is 34.2 Å². The fourth-order valence-corrected chi connectivity index (χ4v) is 4.16. The van der Waals surface area contributed by atoms with Crippen molar-refractivity contribution in [2.24, 2.45) is 5.73 Å². The quantitative estimate of drug-likeness (QED) is 0.872. The molecule has 0 spiro atoms. The Labute approximate surface area is 128 Å². The highest BCUT2D eigenvalue weighted by molar-refractivity contribution is 9.10. The molecule has 0 aliphatic carbocycles. The van der Waals surface area contributed by atoms with Crippen LogP contribution in [-0.4, -0.2) is 24.5 Å². The first-order valence-electron chi connectivity index (χ1n) is 6.95. The number of halogens is 1. The van der Waals surface area contributed by atoms with Crippen molar-refractivity contribution in [2.75, 3.05) is 13.2 Å². The Bertz CT molecular complexity index is 378. The fraction of sp³-hybridized carbons (Fsp3) is 0.600. The summed E-state index contributed by atoms with van der Waals surface area (Å²) in [6, 6.07) is 8.81. The normalized spacial score (nSPS) is 20.2. The van der Waals surface area contributed by atoms with Gasteiger partial charge in [-0.1, -0.05) is 35.0 Å². The van der Waals surface area contributed by atoms with Crippen molar-refractivity contribution in [3.8, 4) is 0 Å². The second kappa shape index (κ2) is 7.67. The molecule has 2 unspecified atom stereocenters. The van der Waals surface area contributed by atoms with E-state index in [2.05, 4.69) is 47.1 Å². The Kier molecular flexibility index (Phi) is 6.20. The Balaban J connectivity index is 2.08. The van der Waals surface area contributed by atoms with Crippen LogP contribution in [0.4, 0.5) is 0 Å². The second-order valence-corrected chi connectivity index (χ2v) is 7.35. The van der Waals surface area contributed by atoms with Gasteiger partial charge in [0.05, 0.1) is 0 Å². The average molecular weight is 344 g/mol. The lowest BCUT2D eigenvalue weighted by Crippen LogP contribution is -2.28. The molecule has 0 radical (unpaired) electrons. The van der Waals surface area contributed by atoms with Gasteiger partial charge in [-0.2, -0.15) is 0 Å². The molecule has 2 nitrogen and oxygen atoms in total. The molecule has 1 fully saturated rings. The van der Waals surface area contributed by atoms with Crippen LogP contribution in [0.2, 0.25) is 0 Å². The molecule has 1 aromatic rings. The molecule has 1 heterocycles. The van der Waals surface area contributed by atoms with Crippen LogP contribution in [0, 0.1) is 0 Å². The largest absolute Gasteiger partial charge is 0.381 e. The van der Waals surface area contributed by atoms with Crippen molar-refractivity contribution in [1.29, 1.82) is 0 Å². The first-order chi connectivity index (χ1) is 9.20. The predicted molar refractivity (Wildman–Crippen MR) is 86.6 cm³/mol. The zero-order chi connectivity index (χ0) is 13.7. The summed E-state index contributed by atoms with van der Waals surface area (Å²) in [6.07, 6.45) is 3.30. The van der Waals surface area contributed by atoms with Crippen molar-refractivity contribution < 1.29 is 4.74 Å². The summed E-state index contributed by atoms with van der Waals surface area (Å²) in [5.74, 6) is 0. The summed E-state index contributed by atoms with van der Waals surface area (Å²) in [5.41, 5.74) is 7.68. The third-order valence-electron chi connectivity index (χ3n) is 3.57. The number of rotatable bonds is 5. The topological polar surface area (TPSA) is 35.2 Å². The molecule has 2 rings (SSSR count). The smallest absolute Gasteiger partial charge is 0.0476 e. The maximum Gasteiger partial charge on any atom is 0.0476 e. The average Bonchev–Trinajstić information content (AvgIpc) is 2.46. The summed E-state index contributed by atoms with van der Waals surface area (Å²) in [4.78, 5) is 0. The monoisotopic (exact) mass is 343 g/mol. The van der Waals surface area contributed by atoms with Gasteiger partial charge in [-0.3, -0.25) is 0 Å². The zero-order valence-electron chi connectivity index (χ0n) is 11.3. The summed E-state index contributed by atoms with van der Waals surface area (Å²) < 4.78 is 6.56. The Morgan fingerprint density at radius 3 is 2.53 bits per heavy atom. The molecule has 0 aromatic heterocycles. The number of hydrogen-bond acceptors (Lipinski definition) is 3. The molecule has 1 aliphatic rings. The second-order valence-electron chi connectivity index (χ2n) is 4.99. The van der Waals surface area contributed by atoms with Crippen LogP contribution in [0.5, 0.6) is 0 Å². The SMILES string of the molecule is CCC(N)C(SC1CCOCC1)c1ccc(Br)cc1. The highest BCUT2D eigenvalue weighted by Gasteiger charge is 2.24. The van der Waals surface area contributed by atoms with Crippen molar-refractivity contribution in [3.05, 3.63) is 34.3 Å². The maximum atomic E-state index is 6.34. The zero-order valence-corrected chi connectivity index (χ0v) is 13.8. The summed E-state index contributed by atoms with van der Waals surface area (Å²) >= 11 is 5.53. The molecule has 2 atom stereocenters. The molecule has 1 aliphatic heterocycles. The van der Waals surface area contributed by atoms with E-state index in [0.717, 1.165) is 36.9 Å². The van der Waals surface area contributed by atoms with E-state index in [9.17, 15) is 0 Å². The van der Waals surface area contributed by atoms with E-state index >= 15 is 0 Å². The van der Waals surface area contributed by atoms with Crippen LogP contribution >= 0.6 is 27.7 Å². The van der Waals surface area contributed by atoms with Crippen molar-refractivity contribution in [3.63, 3.8) is 0 Å². The van der Waals surface area contributed by atoms with E-state index in [-0.39, 0.29) is 6.04 Å². The summed E-state index contributed by atoms with van der Waals surface area (Å²) in [6.45, 7) is 3.96. The molecule has 19 heavy (non-hydrogen) atoms. The molecule has 2 N–H and O–H groups in total. The molecular weight excluding hydrogens is 322 g/mol. The van der Waals surface area contributed by atoms with Crippen LogP contribution < -0.4 is 5.73 Å². The van der Waals surface area contributed by atoms with Crippen LogP contribution in [-0.2, 0) is 4.74 Å². The molecule has 1 aromatic carbocycles. The Morgan fingerprint density at radius 1 is 1.32 bits per heavy atom. The minimum atomic E-state index is 0.217. The van der Waals surface area contributed by atoms with Gasteiger partial charge in [0.15, 0.2) is 0 Å². The van der Waals surface area contributed by atoms with Crippen molar-refractivity contribution >= 4 is 27.7 Å². The van der Waals surface area contributed by atoms with Gasteiger partial charge in [-0.25, -0.2) is 0 Å². The minimum absolute atomic E-state index is 0.217. The van der Waals surface area contributed by atoms with E-state index in [1.807, 2.05) is 11.8 Å². The van der Waals surface area contributed by atoms with Gasteiger partial charge in [-0.15, -0.1) is 11.8 Å². The number of hydrogen-bond donors (Lipinski definition) is 1. The van der Waals surface area contributed by atoms with Crippen LogP contribution in [0.15, 0.2) is 28.7 Å². The third-order valence-corrected chi connectivity index (χ3v) is 5.87. The molecule has 106 valence electrons. The molecule has 0 saturated carbocycles. The first-order valence-corrected chi connectivity index (χ1v) is 8.68. The van der Waals surface area contributed by atoms with E-state index in [1.165, 1.54) is 5.56 Å². The van der Waals surface area contributed by atoms with Crippen LogP contribution in [0.25, 0.3) is 0 Å². The molecule has 1 saturated heterocycles. The lowest BCUT2D eigenvalue weighted by Gasteiger charge is -2.29. The molecule has 4 heteroatoms. The Morgan fingerprint density at radius 2 is 1.95 bits per heavy atom. The number of ether oxygens (including phenoxy) is 1. The highest BCUT2D eigenvalue weighted by Crippen LogP contribution is 2.39. The lowest BCUT2D eigenvalue weighted by atomic mass is 10.0. The minimum Gasteiger partial charge on any atom is -0.381 e. The fourth-order valence-electron chi connectivity index (χ4n) is 2.31. The highest BCUT2D eigenvalue weighted by atomic mass is 79.9.